The van der Waals surface area contributed by atoms with Crippen LogP contribution in [0.15, 0.2) is 42.5 Å². The largest absolute Gasteiger partial charge is 0.380 e. The van der Waals surface area contributed by atoms with Crippen LogP contribution in [0.5, 0.6) is 0 Å². The first-order valence-electron chi connectivity index (χ1n) is 6.87. The van der Waals surface area contributed by atoms with Crippen molar-refractivity contribution in [3.05, 3.63) is 58.6 Å². The van der Waals surface area contributed by atoms with Crippen LogP contribution in [0, 0.1) is 0 Å². The van der Waals surface area contributed by atoms with Gasteiger partial charge in [-0.2, -0.15) is 0 Å². The molecule has 0 spiro atoms. The van der Waals surface area contributed by atoms with E-state index in [1.165, 1.54) is 0 Å². The minimum atomic E-state index is -0.172. The van der Waals surface area contributed by atoms with Crippen molar-refractivity contribution in [1.82, 2.24) is 0 Å². The second kappa shape index (κ2) is 7.29. The van der Waals surface area contributed by atoms with Gasteiger partial charge in [-0.25, -0.2) is 0 Å². The molecule has 116 valence electrons. The number of anilines is 2. The van der Waals surface area contributed by atoms with E-state index < -0.39 is 0 Å². The number of nitrogens with zero attached hydrogens (tertiary/aromatic N) is 1. The Labute approximate surface area is 135 Å². The highest BCUT2D eigenvalue weighted by atomic mass is 35.5. The lowest BCUT2D eigenvalue weighted by molar-refractivity contribution is 0.102. The van der Waals surface area contributed by atoms with Gasteiger partial charge in [-0.15, -0.1) is 0 Å². The minimum Gasteiger partial charge on any atom is -0.380 e. The molecule has 2 rings (SSSR count). The number of methoxy groups -OCH3 is 1. The third-order valence-electron chi connectivity index (χ3n) is 3.22. The summed E-state index contributed by atoms with van der Waals surface area (Å²) in [6, 6.07) is 12.7. The summed E-state index contributed by atoms with van der Waals surface area (Å²) < 4.78 is 5.06. The van der Waals surface area contributed by atoms with E-state index >= 15 is 0 Å². The van der Waals surface area contributed by atoms with Crippen molar-refractivity contribution in [3.8, 4) is 0 Å². The number of amides is 1. The van der Waals surface area contributed by atoms with E-state index in [9.17, 15) is 4.79 Å². The first-order chi connectivity index (χ1) is 10.5. The van der Waals surface area contributed by atoms with Gasteiger partial charge in [-0.05, 0) is 35.9 Å². The molecule has 0 fully saturated rings. The summed E-state index contributed by atoms with van der Waals surface area (Å²) in [4.78, 5) is 14.3. The predicted octanol–water partition coefficient (Wildman–Crippen LogP) is 3.80. The van der Waals surface area contributed by atoms with Crippen LogP contribution in [0.3, 0.4) is 0 Å². The lowest BCUT2D eigenvalue weighted by Gasteiger charge is -2.18. The second-order valence-electron chi connectivity index (χ2n) is 5.14. The molecule has 5 heteroatoms. The number of hydrogen-bond donors (Lipinski definition) is 1. The maximum absolute atomic E-state index is 12.4. The predicted molar refractivity (Wildman–Crippen MR) is 90.9 cm³/mol. The first kappa shape index (κ1) is 16.3. The van der Waals surface area contributed by atoms with Crippen LogP contribution >= 0.6 is 11.6 Å². The zero-order chi connectivity index (χ0) is 16.1. The fourth-order valence-electron chi connectivity index (χ4n) is 2.11. The molecule has 2 aromatic rings. The molecule has 0 radical (unpaired) electrons. The molecule has 0 bridgehead atoms. The van der Waals surface area contributed by atoms with Crippen molar-refractivity contribution >= 4 is 28.9 Å². The fraction of sp³-hybridized carbons (Fsp3) is 0.235. The van der Waals surface area contributed by atoms with Gasteiger partial charge in [-0.3, -0.25) is 4.79 Å². The summed E-state index contributed by atoms with van der Waals surface area (Å²) in [7, 11) is 5.47. The lowest BCUT2D eigenvalue weighted by atomic mass is 10.1. The summed E-state index contributed by atoms with van der Waals surface area (Å²) in [5.41, 5.74) is 3.19. The molecule has 0 saturated heterocycles. The molecule has 0 saturated carbocycles. The van der Waals surface area contributed by atoms with Crippen molar-refractivity contribution in [3.63, 3.8) is 0 Å². The molecule has 0 unspecified atom stereocenters. The van der Waals surface area contributed by atoms with Crippen LogP contribution in [0.1, 0.15) is 15.9 Å². The number of carbonyl (C=O) groups is 1. The third kappa shape index (κ3) is 4.00. The normalized spacial score (nSPS) is 10.4. The summed E-state index contributed by atoms with van der Waals surface area (Å²) in [5, 5.41) is 3.48. The number of ether oxygens (including phenoxy) is 1. The molecule has 4 nitrogen and oxygen atoms in total. The smallest absolute Gasteiger partial charge is 0.255 e. The average Bonchev–Trinajstić information content (AvgIpc) is 2.48. The Bertz CT molecular complexity index is 654. The van der Waals surface area contributed by atoms with E-state index in [1.807, 2.05) is 37.2 Å². The molecule has 0 heterocycles. The Morgan fingerprint density at radius 3 is 2.45 bits per heavy atom. The van der Waals surface area contributed by atoms with E-state index in [1.54, 1.807) is 31.4 Å². The molecule has 0 aromatic heterocycles. The van der Waals surface area contributed by atoms with Gasteiger partial charge in [0.05, 0.1) is 18.0 Å². The first-order valence-corrected chi connectivity index (χ1v) is 7.25. The Morgan fingerprint density at radius 2 is 1.86 bits per heavy atom. The topological polar surface area (TPSA) is 41.6 Å². The summed E-state index contributed by atoms with van der Waals surface area (Å²) in [5.74, 6) is -0.172. The second-order valence-corrected chi connectivity index (χ2v) is 5.58. The van der Waals surface area contributed by atoms with E-state index in [4.69, 9.17) is 16.3 Å². The molecule has 1 amide bonds. The van der Waals surface area contributed by atoms with Gasteiger partial charge in [0.2, 0.25) is 0 Å². The highest BCUT2D eigenvalue weighted by Crippen LogP contribution is 2.28. The van der Waals surface area contributed by atoms with Crippen LogP contribution in [0.2, 0.25) is 5.02 Å². The summed E-state index contributed by atoms with van der Waals surface area (Å²) in [6.07, 6.45) is 0. The van der Waals surface area contributed by atoms with Gasteiger partial charge in [0, 0.05) is 31.8 Å². The van der Waals surface area contributed by atoms with Gasteiger partial charge < -0.3 is 15.0 Å². The van der Waals surface area contributed by atoms with Gasteiger partial charge in [0.25, 0.3) is 5.91 Å². The number of benzene rings is 2. The molecule has 0 atom stereocenters. The monoisotopic (exact) mass is 318 g/mol. The highest BCUT2D eigenvalue weighted by Gasteiger charge is 2.11. The molecule has 22 heavy (non-hydrogen) atoms. The molecular formula is C17H19ClN2O2. The number of hydrogen-bond acceptors (Lipinski definition) is 3. The standard InChI is InChI=1S/C17H19ClN2O2/c1-20(2)16-9-8-14(18)10-15(16)19-17(21)13-6-4-12(5-7-13)11-22-3/h4-10H,11H2,1-3H3,(H,19,21). The van der Waals surface area contributed by atoms with E-state index in [2.05, 4.69) is 5.32 Å². The van der Waals surface area contributed by atoms with Crippen molar-refractivity contribution in [2.45, 2.75) is 6.61 Å². The maximum Gasteiger partial charge on any atom is 0.255 e. The van der Waals surface area contributed by atoms with Crippen LogP contribution < -0.4 is 10.2 Å². The average molecular weight is 319 g/mol. The molecular weight excluding hydrogens is 300 g/mol. The number of halogens is 1. The summed E-state index contributed by atoms with van der Waals surface area (Å²) in [6.45, 7) is 0.529. The highest BCUT2D eigenvalue weighted by molar-refractivity contribution is 6.31. The quantitative estimate of drug-likeness (QED) is 0.911. The van der Waals surface area contributed by atoms with E-state index in [0.717, 1.165) is 11.3 Å². The number of carbonyl (C=O) groups excluding carboxylic acids is 1. The Balaban J connectivity index is 2.19. The molecule has 1 N–H and O–H groups in total. The lowest BCUT2D eigenvalue weighted by Crippen LogP contribution is -2.16. The molecule has 0 aliphatic carbocycles. The third-order valence-corrected chi connectivity index (χ3v) is 3.45. The van der Waals surface area contributed by atoms with Crippen LogP contribution in [-0.2, 0) is 11.3 Å². The summed E-state index contributed by atoms with van der Waals surface area (Å²) >= 11 is 6.02. The zero-order valence-corrected chi connectivity index (χ0v) is 13.6. The van der Waals surface area contributed by atoms with Crippen LogP contribution in [0.4, 0.5) is 11.4 Å². The van der Waals surface area contributed by atoms with Gasteiger partial charge in [0.15, 0.2) is 0 Å². The van der Waals surface area contributed by atoms with Crippen molar-refractivity contribution in [1.29, 1.82) is 0 Å². The van der Waals surface area contributed by atoms with Gasteiger partial charge in [0.1, 0.15) is 0 Å². The Kier molecular flexibility index (Phi) is 5.41. The van der Waals surface area contributed by atoms with Crippen molar-refractivity contribution < 1.29 is 9.53 Å². The molecule has 2 aromatic carbocycles. The van der Waals surface area contributed by atoms with E-state index in [0.29, 0.717) is 22.9 Å². The van der Waals surface area contributed by atoms with Crippen LogP contribution in [-0.4, -0.2) is 27.1 Å². The number of nitrogens with one attached hydrogen (secondary N) is 1. The number of rotatable bonds is 5. The Hall–Kier alpha value is -2.04. The maximum atomic E-state index is 12.4. The molecule has 0 aliphatic heterocycles. The SMILES string of the molecule is COCc1ccc(C(=O)Nc2cc(Cl)ccc2N(C)C)cc1. The van der Waals surface area contributed by atoms with Crippen molar-refractivity contribution in [2.75, 3.05) is 31.4 Å². The van der Waals surface area contributed by atoms with Gasteiger partial charge in [-0.1, -0.05) is 23.7 Å². The zero-order valence-electron chi connectivity index (χ0n) is 12.9. The van der Waals surface area contributed by atoms with Crippen molar-refractivity contribution in [2.24, 2.45) is 0 Å². The fourth-order valence-corrected chi connectivity index (χ4v) is 2.28. The minimum absolute atomic E-state index is 0.172. The van der Waals surface area contributed by atoms with E-state index in [-0.39, 0.29) is 5.91 Å². The Morgan fingerprint density at radius 1 is 1.18 bits per heavy atom. The molecule has 0 aliphatic rings. The van der Waals surface area contributed by atoms with Crippen LogP contribution in [0.25, 0.3) is 0 Å². The van der Waals surface area contributed by atoms with Gasteiger partial charge >= 0.3 is 0 Å².